The van der Waals surface area contributed by atoms with Crippen molar-refractivity contribution in [2.24, 2.45) is 5.92 Å². The average Bonchev–Trinajstić information content (AvgIpc) is 2.49. The largest absolute Gasteiger partial charge is 0.426 e. The van der Waals surface area contributed by atoms with Crippen LogP contribution in [0, 0.1) is 5.92 Å². The topological polar surface area (TPSA) is 78.6 Å². The van der Waals surface area contributed by atoms with Gasteiger partial charge in [-0.05, 0) is 42.3 Å². The number of hydrogen-bond acceptors (Lipinski definition) is 5. The van der Waals surface area contributed by atoms with Gasteiger partial charge in [0.1, 0.15) is 17.1 Å². The number of benzene rings is 2. The molecule has 0 aliphatic heterocycles. The van der Waals surface area contributed by atoms with E-state index in [1.165, 1.54) is 0 Å². The normalized spacial score (nSPS) is 10.4. The number of anilines is 1. The lowest BCUT2D eigenvalue weighted by atomic mass is 10.1. The van der Waals surface area contributed by atoms with Crippen molar-refractivity contribution in [3.05, 3.63) is 54.1 Å². The molecule has 0 radical (unpaired) electrons. The Bertz CT molecular complexity index is 692. The van der Waals surface area contributed by atoms with Crippen LogP contribution in [0.2, 0.25) is 0 Å². The van der Waals surface area contributed by atoms with E-state index in [1.54, 1.807) is 48.5 Å². The van der Waals surface area contributed by atoms with Crippen molar-refractivity contribution in [3.8, 4) is 11.5 Å². The van der Waals surface area contributed by atoms with Crippen LogP contribution in [-0.2, 0) is 4.79 Å². The van der Waals surface area contributed by atoms with Crippen molar-refractivity contribution in [2.75, 3.05) is 5.73 Å². The van der Waals surface area contributed by atoms with Gasteiger partial charge in [-0.1, -0.05) is 26.0 Å². The number of nitrogen functional groups attached to an aromatic ring is 1. The van der Waals surface area contributed by atoms with E-state index in [0.29, 0.717) is 11.4 Å². The fourth-order valence-corrected chi connectivity index (χ4v) is 1.92. The summed E-state index contributed by atoms with van der Waals surface area (Å²) in [4.78, 5) is 24.1. The number of esters is 2. The highest BCUT2D eigenvalue weighted by Crippen LogP contribution is 2.22. The molecular weight excluding hydrogens is 294 g/mol. The predicted molar refractivity (Wildman–Crippen MR) is 87.3 cm³/mol. The lowest BCUT2D eigenvalue weighted by Gasteiger charge is -2.10. The van der Waals surface area contributed by atoms with Crippen molar-refractivity contribution in [1.29, 1.82) is 0 Å². The number of rotatable bonds is 5. The summed E-state index contributed by atoms with van der Waals surface area (Å²) in [5, 5.41) is 0. The molecule has 0 fully saturated rings. The van der Waals surface area contributed by atoms with E-state index in [1.807, 2.05) is 13.8 Å². The number of para-hydroxylation sites is 1. The average molecular weight is 313 g/mol. The number of ether oxygens (including phenoxy) is 2. The van der Waals surface area contributed by atoms with Gasteiger partial charge in [0.05, 0.1) is 0 Å². The maximum atomic E-state index is 12.3. The molecule has 0 spiro atoms. The van der Waals surface area contributed by atoms with Gasteiger partial charge in [-0.2, -0.15) is 0 Å². The summed E-state index contributed by atoms with van der Waals surface area (Å²) in [5.41, 5.74) is 6.36. The van der Waals surface area contributed by atoms with Gasteiger partial charge < -0.3 is 15.2 Å². The first-order chi connectivity index (χ1) is 11.0. The zero-order valence-corrected chi connectivity index (χ0v) is 13.1. The molecule has 0 heterocycles. The van der Waals surface area contributed by atoms with E-state index in [9.17, 15) is 9.59 Å². The van der Waals surface area contributed by atoms with Crippen molar-refractivity contribution in [2.45, 2.75) is 20.3 Å². The Morgan fingerprint density at radius 3 is 2.30 bits per heavy atom. The minimum Gasteiger partial charge on any atom is -0.426 e. The molecule has 0 saturated heterocycles. The minimum absolute atomic E-state index is 0.177. The summed E-state index contributed by atoms with van der Waals surface area (Å²) >= 11 is 0. The number of carbonyl (C=O) groups excluding carboxylic acids is 2. The summed E-state index contributed by atoms with van der Waals surface area (Å²) in [6.45, 7) is 3.84. The van der Waals surface area contributed by atoms with Crippen LogP contribution in [0.15, 0.2) is 48.5 Å². The second kappa shape index (κ2) is 7.45. The summed E-state index contributed by atoms with van der Waals surface area (Å²) < 4.78 is 10.5. The van der Waals surface area contributed by atoms with Gasteiger partial charge in [-0.15, -0.1) is 0 Å². The van der Waals surface area contributed by atoms with Crippen LogP contribution in [-0.4, -0.2) is 11.9 Å². The van der Waals surface area contributed by atoms with E-state index in [-0.39, 0.29) is 29.6 Å². The van der Waals surface area contributed by atoms with Gasteiger partial charge in [0.25, 0.3) is 0 Å². The van der Waals surface area contributed by atoms with Crippen molar-refractivity contribution >= 4 is 17.6 Å². The molecular formula is C18H19NO4. The fraction of sp³-hybridized carbons (Fsp3) is 0.222. The Labute approximate surface area is 135 Å². The SMILES string of the molecule is CC(C)CC(=O)Oc1ccccc1C(=O)Oc1ccc(N)cc1. The van der Waals surface area contributed by atoms with Gasteiger partial charge in [0.15, 0.2) is 0 Å². The second-order valence-electron chi connectivity index (χ2n) is 5.53. The smallest absolute Gasteiger partial charge is 0.347 e. The van der Waals surface area contributed by atoms with Crippen molar-refractivity contribution in [1.82, 2.24) is 0 Å². The summed E-state index contributed by atoms with van der Waals surface area (Å²) in [5.74, 6) is -0.238. The fourth-order valence-electron chi connectivity index (χ4n) is 1.92. The standard InChI is InChI=1S/C18H19NO4/c1-12(2)11-17(20)23-16-6-4-3-5-15(16)18(21)22-14-9-7-13(19)8-10-14/h3-10,12H,11,19H2,1-2H3. The van der Waals surface area contributed by atoms with Crippen molar-refractivity contribution < 1.29 is 19.1 Å². The molecule has 0 aromatic heterocycles. The Balaban J connectivity index is 2.14. The molecule has 0 aliphatic rings. The molecule has 23 heavy (non-hydrogen) atoms. The molecule has 5 heteroatoms. The minimum atomic E-state index is -0.595. The van der Waals surface area contributed by atoms with E-state index in [2.05, 4.69) is 0 Å². The van der Waals surface area contributed by atoms with Gasteiger partial charge >= 0.3 is 11.9 Å². The molecule has 0 atom stereocenters. The summed E-state index contributed by atoms with van der Waals surface area (Å²) in [6.07, 6.45) is 0.279. The molecule has 5 nitrogen and oxygen atoms in total. The van der Waals surface area contributed by atoms with Gasteiger partial charge in [-0.25, -0.2) is 4.79 Å². The van der Waals surface area contributed by atoms with Crippen LogP contribution in [0.4, 0.5) is 5.69 Å². The Morgan fingerprint density at radius 1 is 1.00 bits per heavy atom. The van der Waals surface area contributed by atoms with E-state index < -0.39 is 5.97 Å². The first-order valence-electron chi connectivity index (χ1n) is 7.33. The number of carbonyl (C=O) groups is 2. The molecule has 2 rings (SSSR count). The van der Waals surface area contributed by atoms with Gasteiger partial charge in [0.2, 0.25) is 0 Å². The molecule has 0 bridgehead atoms. The molecule has 2 aromatic rings. The van der Waals surface area contributed by atoms with E-state index in [0.717, 1.165) is 0 Å². The lowest BCUT2D eigenvalue weighted by Crippen LogP contribution is -2.15. The monoisotopic (exact) mass is 313 g/mol. The molecule has 120 valence electrons. The Kier molecular flexibility index (Phi) is 5.36. The first kappa shape index (κ1) is 16.5. The highest BCUT2D eigenvalue weighted by Gasteiger charge is 2.17. The Hall–Kier alpha value is -2.82. The molecule has 0 saturated carbocycles. The Morgan fingerprint density at radius 2 is 1.65 bits per heavy atom. The highest BCUT2D eigenvalue weighted by molar-refractivity contribution is 5.94. The molecule has 2 aromatic carbocycles. The molecule has 0 unspecified atom stereocenters. The van der Waals surface area contributed by atoms with E-state index in [4.69, 9.17) is 15.2 Å². The number of hydrogen-bond donors (Lipinski definition) is 1. The third kappa shape index (κ3) is 4.85. The van der Waals surface area contributed by atoms with Crippen LogP contribution < -0.4 is 15.2 Å². The third-order valence-electron chi connectivity index (χ3n) is 3.00. The van der Waals surface area contributed by atoms with Crippen LogP contribution in [0.5, 0.6) is 11.5 Å². The maximum Gasteiger partial charge on any atom is 0.347 e. The zero-order chi connectivity index (χ0) is 16.8. The summed E-state index contributed by atoms with van der Waals surface area (Å²) in [6, 6.07) is 13.0. The summed E-state index contributed by atoms with van der Waals surface area (Å²) in [7, 11) is 0. The van der Waals surface area contributed by atoms with Crippen LogP contribution in [0.3, 0.4) is 0 Å². The molecule has 0 amide bonds. The quantitative estimate of drug-likeness (QED) is 0.519. The zero-order valence-electron chi connectivity index (χ0n) is 13.1. The van der Waals surface area contributed by atoms with Gasteiger partial charge in [0, 0.05) is 12.1 Å². The molecule has 0 aliphatic carbocycles. The van der Waals surface area contributed by atoms with Crippen molar-refractivity contribution in [3.63, 3.8) is 0 Å². The lowest BCUT2D eigenvalue weighted by molar-refractivity contribution is -0.135. The highest BCUT2D eigenvalue weighted by atomic mass is 16.5. The number of nitrogens with two attached hydrogens (primary N) is 1. The molecule has 2 N–H and O–H groups in total. The van der Waals surface area contributed by atoms with Gasteiger partial charge in [-0.3, -0.25) is 4.79 Å². The van der Waals surface area contributed by atoms with E-state index >= 15 is 0 Å². The maximum absolute atomic E-state index is 12.3. The predicted octanol–water partition coefficient (Wildman–Crippen LogP) is 3.44. The van der Waals surface area contributed by atoms with Crippen LogP contribution >= 0.6 is 0 Å². The van der Waals surface area contributed by atoms with Crippen LogP contribution in [0.1, 0.15) is 30.6 Å². The first-order valence-corrected chi connectivity index (χ1v) is 7.33. The van der Waals surface area contributed by atoms with Crippen LogP contribution in [0.25, 0.3) is 0 Å². The second-order valence-corrected chi connectivity index (χ2v) is 5.53. The third-order valence-corrected chi connectivity index (χ3v) is 3.00.